The first-order valence-electron chi connectivity index (χ1n) is 8.95. The van der Waals surface area contributed by atoms with Crippen molar-refractivity contribution in [1.82, 2.24) is 10.2 Å². The van der Waals surface area contributed by atoms with Gasteiger partial charge in [-0.1, -0.05) is 25.4 Å². The molecule has 2 saturated heterocycles. The Hall–Kier alpha value is -0.810. The lowest BCUT2D eigenvalue weighted by Crippen LogP contribution is -2.47. The molecule has 0 radical (unpaired) electrons. The molecule has 3 heterocycles. The van der Waals surface area contributed by atoms with Crippen molar-refractivity contribution in [3.05, 3.63) is 0 Å². The number of likely N-dealkylation sites (tertiary alicyclic amines) is 1. The fraction of sp³-hybridized carbons (Fsp3) is 0.941. The van der Waals surface area contributed by atoms with Gasteiger partial charge in [0.1, 0.15) is 6.10 Å². The third-order valence-corrected chi connectivity index (χ3v) is 5.23. The highest BCUT2D eigenvalue weighted by atomic mass is 16.7. The van der Waals surface area contributed by atoms with Crippen LogP contribution in [-0.2, 0) is 9.57 Å². The second-order valence-corrected chi connectivity index (χ2v) is 7.53. The highest BCUT2D eigenvalue weighted by Crippen LogP contribution is 2.28. The van der Waals surface area contributed by atoms with E-state index < -0.39 is 0 Å². The Bertz CT molecular complexity index is 393. The third-order valence-electron chi connectivity index (χ3n) is 5.23. The van der Waals surface area contributed by atoms with Crippen LogP contribution in [0.2, 0.25) is 0 Å². The van der Waals surface area contributed by atoms with E-state index in [0.29, 0.717) is 17.9 Å². The first-order chi connectivity index (χ1) is 10.6. The van der Waals surface area contributed by atoms with Crippen molar-refractivity contribution < 1.29 is 9.57 Å². The Morgan fingerprint density at radius 1 is 1.32 bits per heavy atom. The van der Waals surface area contributed by atoms with Crippen molar-refractivity contribution >= 4 is 5.90 Å². The number of ether oxygens (including phenoxy) is 1. The Balaban J connectivity index is 1.64. The van der Waals surface area contributed by atoms with E-state index in [0.717, 1.165) is 38.4 Å². The van der Waals surface area contributed by atoms with Gasteiger partial charge < -0.3 is 19.8 Å². The standard InChI is InChI=1S/C17H31N3O2/c1-12(2)16-15(10-14-6-4-5-8-18-14)21-17(19-22-16)13-7-9-20(3)11-13/h12-16,18H,4-11H2,1-3H3. The van der Waals surface area contributed by atoms with E-state index in [1.807, 2.05) is 0 Å². The van der Waals surface area contributed by atoms with E-state index in [-0.39, 0.29) is 12.2 Å². The summed E-state index contributed by atoms with van der Waals surface area (Å²) in [7, 11) is 2.16. The van der Waals surface area contributed by atoms with Crippen LogP contribution in [0.1, 0.15) is 46.0 Å². The average molecular weight is 309 g/mol. The van der Waals surface area contributed by atoms with Crippen molar-refractivity contribution in [2.24, 2.45) is 17.0 Å². The second-order valence-electron chi connectivity index (χ2n) is 7.53. The fourth-order valence-electron chi connectivity index (χ4n) is 3.87. The topological polar surface area (TPSA) is 46.1 Å². The highest BCUT2D eigenvalue weighted by molar-refractivity contribution is 5.79. The lowest BCUT2D eigenvalue weighted by Gasteiger charge is -2.36. The largest absolute Gasteiger partial charge is 0.471 e. The van der Waals surface area contributed by atoms with Gasteiger partial charge in [-0.05, 0) is 45.3 Å². The molecule has 0 amide bonds. The number of nitrogens with zero attached hydrogens (tertiary/aromatic N) is 2. The first-order valence-corrected chi connectivity index (χ1v) is 8.95. The SMILES string of the molecule is CC(C)C1ON=C(C2CCN(C)C2)OC1CC1CCCCN1. The summed E-state index contributed by atoms with van der Waals surface area (Å²) in [6, 6.07) is 0.564. The Morgan fingerprint density at radius 3 is 2.82 bits per heavy atom. The van der Waals surface area contributed by atoms with Crippen LogP contribution in [0.4, 0.5) is 0 Å². The Morgan fingerprint density at radius 2 is 2.18 bits per heavy atom. The summed E-state index contributed by atoms with van der Waals surface area (Å²) in [4.78, 5) is 8.21. The molecule has 0 spiro atoms. The summed E-state index contributed by atoms with van der Waals surface area (Å²) >= 11 is 0. The molecule has 3 rings (SSSR count). The normalized spacial score (nSPS) is 36.8. The average Bonchev–Trinajstić information content (AvgIpc) is 2.94. The minimum Gasteiger partial charge on any atom is -0.471 e. The zero-order chi connectivity index (χ0) is 15.5. The Kier molecular flexibility index (Phi) is 5.24. The van der Waals surface area contributed by atoms with E-state index in [2.05, 4.69) is 36.3 Å². The van der Waals surface area contributed by atoms with Gasteiger partial charge in [0.15, 0.2) is 6.10 Å². The van der Waals surface area contributed by atoms with Crippen molar-refractivity contribution in [2.45, 2.75) is 64.2 Å². The van der Waals surface area contributed by atoms with Crippen LogP contribution < -0.4 is 5.32 Å². The smallest absolute Gasteiger partial charge is 0.230 e. The third kappa shape index (κ3) is 3.74. The van der Waals surface area contributed by atoms with Gasteiger partial charge in [-0.25, -0.2) is 0 Å². The molecular weight excluding hydrogens is 278 g/mol. The number of hydrogen-bond donors (Lipinski definition) is 1. The van der Waals surface area contributed by atoms with Crippen molar-refractivity contribution in [2.75, 3.05) is 26.7 Å². The summed E-state index contributed by atoms with van der Waals surface area (Å²) in [5.41, 5.74) is 0. The van der Waals surface area contributed by atoms with Gasteiger partial charge in [-0.15, -0.1) is 0 Å². The van der Waals surface area contributed by atoms with E-state index in [1.54, 1.807) is 0 Å². The minimum atomic E-state index is 0.0756. The summed E-state index contributed by atoms with van der Waals surface area (Å²) < 4.78 is 6.35. The van der Waals surface area contributed by atoms with Crippen LogP contribution in [0.15, 0.2) is 5.16 Å². The molecule has 4 unspecified atom stereocenters. The predicted octanol–water partition coefficient (Wildman–Crippen LogP) is 2.22. The molecule has 3 aliphatic rings. The zero-order valence-corrected chi connectivity index (χ0v) is 14.3. The van der Waals surface area contributed by atoms with Crippen LogP contribution in [0.3, 0.4) is 0 Å². The van der Waals surface area contributed by atoms with Gasteiger partial charge in [-0.2, -0.15) is 0 Å². The molecule has 2 fully saturated rings. The number of nitrogens with one attached hydrogen (secondary N) is 1. The van der Waals surface area contributed by atoms with Gasteiger partial charge in [-0.3, -0.25) is 0 Å². The fourth-order valence-corrected chi connectivity index (χ4v) is 3.87. The molecule has 126 valence electrons. The van der Waals surface area contributed by atoms with Gasteiger partial charge >= 0.3 is 0 Å². The second kappa shape index (κ2) is 7.18. The molecule has 0 aliphatic carbocycles. The lowest BCUT2D eigenvalue weighted by molar-refractivity contribution is -0.0923. The van der Waals surface area contributed by atoms with E-state index in [9.17, 15) is 0 Å². The molecule has 3 aliphatic heterocycles. The van der Waals surface area contributed by atoms with Crippen LogP contribution >= 0.6 is 0 Å². The van der Waals surface area contributed by atoms with Gasteiger partial charge in [0.25, 0.3) is 0 Å². The molecule has 0 aromatic heterocycles. The monoisotopic (exact) mass is 309 g/mol. The van der Waals surface area contributed by atoms with Gasteiger partial charge in [0.2, 0.25) is 5.90 Å². The molecule has 0 saturated carbocycles. The molecule has 0 aromatic carbocycles. The summed E-state index contributed by atoms with van der Waals surface area (Å²) in [6.07, 6.45) is 6.24. The summed E-state index contributed by atoms with van der Waals surface area (Å²) in [5, 5.41) is 7.97. The maximum Gasteiger partial charge on any atom is 0.230 e. The quantitative estimate of drug-likeness (QED) is 0.865. The predicted molar refractivity (Wildman–Crippen MR) is 87.9 cm³/mol. The number of rotatable bonds is 4. The van der Waals surface area contributed by atoms with Gasteiger partial charge in [0.05, 0.1) is 5.92 Å². The molecule has 5 nitrogen and oxygen atoms in total. The van der Waals surface area contributed by atoms with Crippen molar-refractivity contribution in [1.29, 1.82) is 0 Å². The van der Waals surface area contributed by atoms with Crippen LogP contribution in [0.25, 0.3) is 0 Å². The number of piperidine rings is 1. The molecule has 22 heavy (non-hydrogen) atoms. The number of hydrogen-bond acceptors (Lipinski definition) is 5. The maximum atomic E-state index is 6.35. The van der Waals surface area contributed by atoms with E-state index in [1.165, 1.54) is 19.3 Å². The molecule has 5 heteroatoms. The van der Waals surface area contributed by atoms with Crippen molar-refractivity contribution in [3.63, 3.8) is 0 Å². The first kappa shape index (κ1) is 16.1. The molecule has 1 N–H and O–H groups in total. The zero-order valence-electron chi connectivity index (χ0n) is 14.3. The van der Waals surface area contributed by atoms with Crippen LogP contribution in [0, 0.1) is 11.8 Å². The van der Waals surface area contributed by atoms with E-state index in [4.69, 9.17) is 9.57 Å². The number of oxime groups is 1. The maximum absolute atomic E-state index is 6.35. The van der Waals surface area contributed by atoms with E-state index >= 15 is 0 Å². The Labute approximate surface area is 134 Å². The van der Waals surface area contributed by atoms with Crippen molar-refractivity contribution in [3.8, 4) is 0 Å². The molecule has 0 bridgehead atoms. The molecule has 0 aromatic rings. The highest BCUT2D eigenvalue weighted by Gasteiger charge is 2.38. The van der Waals surface area contributed by atoms with Crippen LogP contribution in [-0.4, -0.2) is 55.7 Å². The summed E-state index contributed by atoms with van der Waals surface area (Å²) in [6.45, 7) is 7.68. The van der Waals surface area contributed by atoms with Gasteiger partial charge in [0, 0.05) is 19.0 Å². The minimum absolute atomic E-state index is 0.0756. The lowest BCUT2D eigenvalue weighted by atomic mass is 9.92. The molecular formula is C17H31N3O2. The summed E-state index contributed by atoms with van der Waals surface area (Å²) in [5.74, 6) is 1.66. The van der Waals surface area contributed by atoms with Crippen LogP contribution in [0.5, 0.6) is 0 Å². The molecule has 4 atom stereocenters.